The number of aliphatic carboxylic acids is 1. The summed E-state index contributed by atoms with van der Waals surface area (Å²) in [5, 5.41) is 11.8. The number of hydrogen-bond acceptors (Lipinski definition) is 5. The van der Waals surface area contributed by atoms with Gasteiger partial charge in [0.2, 0.25) is 10.0 Å². The highest BCUT2D eigenvalue weighted by Gasteiger charge is 2.25. The zero-order valence-electron chi connectivity index (χ0n) is 16.0. The van der Waals surface area contributed by atoms with Gasteiger partial charge < -0.3 is 15.2 Å². The van der Waals surface area contributed by atoms with E-state index in [2.05, 4.69) is 10.0 Å². The fourth-order valence-corrected chi connectivity index (χ4v) is 3.70. The minimum Gasteiger partial charge on any atom is -0.480 e. The Labute approximate surface area is 169 Å². The zero-order valence-corrected chi connectivity index (χ0v) is 16.8. The number of benzene rings is 2. The number of rotatable bonds is 10. The number of carbonyl (C=O) groups is 2. The molecule has 0 bridgehead atoms. The number of aryl methyl sites for hydroxylation is 1. The Bertz CT molecular complexity index is 914. The van der Waals surface area contributed by atoms with Gasteiger partial charge in [0.1, 0.15) is 12.6 Å². The number of carboxylic acid groups (broad SMARTS) is 1. The SMILES string of the molecule is Cc1ccc(S(=O)(=O)NC(CCCNC(=O)OCc2ccccc2)C(=O)O)cc1. The van der Waals surface area contributed by atoms with Crippen LogP contribution in [0.15, 0.2) is 59.5 Å². The second kappa shape index (κ2) is 10.6. The second-order valence-electron chi connectivity index (χ2n) is 6.46. The van der Waals surface area contributed by atoms with Gasteiger partial charge >= 0.3 is 12.1 Å². The van der Waals surface area contributed by atoms with Gasteiger partial charge in [-0.25, -0.2) is 13.2 Å². The highest BCUT2D eigenvalue weighted by Crippen LogP contribution is 2.12. The van der Waals surface area contributed by atoms with Crippen molar-refractivity contribution in [2.24, 2.45) is 0 Å². The number of alkyl carbamates (subject to hydrolysis) is 1. The first kappa shape index (κ1) is 22.4. The number of sulfonamides is 1. The van der Waals surface area contributed by atoms with Crippen molar-refractivity contribution in [1.29, 1.82) is 0 Å². The van der Waals surface area contributed by atoms with Gasteiger partial charge in [0.15, 0.2) is 0 Å². The largest absolute Gasteiger partial charge is 0.480 e. The number of carboxylic acids is 1. The smallest absolute Gasteiger partial charge is 0.407 e. The van der Waals surface area contributed by atoms with Gasteiger partial charge in [-0.15, -0.1) is 0 Å². The molecular formula is C20H24N2O6S. The quantitative estimate of drug-likeness (QED) is 0.508. The van der Waals surface area contributed by atoms with E-state index in [1.807, 2.05) is 37.3 Å². The summed E-state index contributed by atoms with van der Waals surface area (Å²) < 4.78 is 32.0. The summed E-state index contributed by atoms with van der Waals surface area (Å²) in [6.07, 6.45) is -0.353. The summed E-state index contributed by atoms with van der Waals surface area (Å²) >= 11 is 0. The first-order valence-electron chi connectivity index (χ1n) is 9.04. The third-order valence-electron chi connectivity index (χ3n) is 4.08. The molecule has 1 amide bonds. The summed E-state index contributed by atoms with van der Waals surface area (Å²) in [6.45, 7) is 2.10. The van der Waals surface area contributed by atoms with Crippen molar-refractivity contribution in [2.75, 3.05) is 6.54 Å². The zero-order chi connectivity index (χ0) is 21.3. The molecule has 2 rings (SSSR count). The predicted octanol–water partition coefficient (Wildman–Crippen LogP) is 2.43. The van der Waals surface area contributed by atoms with Crippen LogP contribution in [-0.2, 0) is 26.2 Å². The van der Waals surface area contributed by atoms with Gasteiger partial charge in [-0.2, -0.15) is 4.72 Å². The highest BCUT2D eigenvalue weighted by molar-refractivity contribution is 7.89. The van der Waals surface area contributed by atoms with E-state index in [1.54, 1.807) is 12.1 Å². The first-order chi connectivity index (χ1) is 13.8. The normalized spacial score (nSPS) is 12.2. The summed E-state index contributed by atoms with van der Waals surface area (Å²) in [5.41, 5.74) is 1.74. The number of ether oxygens (including phenoxy) is 1. The Morgan fingerprint density at radius 1 is 1.07 bits per heavy atom. The minimum atomic E-state index is -3.96. The molecule has 0 fully saturated rings. The van der Waals surface area contributed by atoms with Crippen LogP contribution in [0.25, 0.3) is 0 Å². The molecular weight excluding hydrogens is 396 g/mol. The minimum absolute atomic E-state index is 0.00281. The van der Waals surface area contributed by atoms with Crippen molar-refractivity contribution in [2.45, 2.75) is 37.3 Å². The molecule has 3 N–H and O–H groups in total. The van der Waals surface area contributed by atoms with E-state index in [1.165, 1.54) is 12.1 Å². The molecule has 0 saturated carbocycles. The number of amides is 1. The van der Waals surface area contributed by atoms with Crippen molar-refractivity contribution in [1.82, 2.24) is 10.0 Å². The molecule has 0 heterocycles. The third-order valence-corrected chi connectivity index (χ3v) is 5.57. The van der Waals surface area contributed by atoms with E-state index < -0.39 is 28.1 Å². The lowest BCUT2D eigenvalue weighted by atomic mass is 10.2. The van der Waals surface area contributed by atoms with Gasteiger partial charge in [0, 0.05) is 6.54 Å². The van der Waals surface area contributed by atoms with Crippen molar-refractivity contribution >= 4 is 22.1 Å². The Morgan fingerprint density at radius 3 is 2.34 bits per heavy atom. The van der Waals surface area contributed by atoms with E-state index in [4.69, 9.17) is 4.74 Å². The number of nitrogens with one attached hydrogen (secondary N) is 2. The average Bonchev–Trinajstić information content (AvgIpc) is 2.69. The maximum Gasteiger partial charge on any atom is 0.407 e. The maximum atomic E-state index is 12.4. The van der Waals surface area contributed by atoms with Crippen LogP contribution < -0.4 is 10.0 Å². The molecule has 156 valence electrons. The molecule has 8 nitrogen and oxygen atoms in total. The van der Waals surface area contributed by atoms with Gasteiger partial charge in [-0.05, 0) is 37.5 Å². The van der Waals surface area contributed by atoms with Crippen molar-refractivity contribution < 1.29 is 27.9 Å². The highest BCUT2D eigenvalue weighted by atomic mass is 32.2. The molecule has 29 heavy (non-hydrogen) atoms. The molecule has 2 aromatic rings. The van der Waals surface area contributed by atoms with E-state index in [9.17, 15) is 23.1 Å². The summed E-state index contributed by atoms with van der Waals surface area (Å²) in [6, 6.07) is 14.0. The molecule has 2 aromatic carbocycles. The van der Waals surface area contributed by atoms with Crippen LogP contribution >= 0.6 is 0 Å². The van der Waals surface area contributed by atoms with Crippen LogP contribution in [-0.4, -0.2) is 38.2 Å². The molecule has 0 aliphatic heterocycles. The lowest BCUT2D eigenvalue weighted by Crippen LogP contribution is -2.41. The van der Waals surface area contributed by atoms with E-state index in [-0.39, 0.29) is 30.9 Å². The van der Waals surface area contributed by atoms with Gasteiger partial charge in [0.25, 0.3) is 0 Å². The van der Waals surface area contributed by atoms with E-state index in [0.29, 0.717) is 0 Å². The van der Waals surface area contributed by atoms with Crippen LogP contribution in [0.2, 0.25) is 0 Å². The summed E-state index contributed by atoms with van der Waals surface area (Å²) in [4.78, 5) is 23.1. The molecule has 9 heteroatoms. The number of hydrogen-bond donors (Lipinski definition) is 3. The van der Waals surface area contributed by atoms with Crippen LogP contribution in [0.4, 0.5) is 4.79 Å². The molecule has 0 aliphatic rings. The van der Waals surface area contributed by atoms with Crippen LogP contribution in [0.3, 0.4) is 0 Å². The van der Waals surface area contributed by atoms with Gasteiger partial charge in [-0.3, -0.25) is 4.79 Å². The maximum absolute atomic E-state index is 12.4. The average molecular weight is 420 g/mol. The molecule has 1 atom stereocenters. The van der Waals surface area contributed by atoms with Crippen molar-refractivity contribution in [3.63, 3.8) is 0 Å². The fourth-order valence-electron chi connectivity index (χ4n) is 2.48. The van der Waals surface area contributed by atoms with Gasteiger partial charge in [0.05, 0.1) is 4.90 Å². The van der Waals surface area contributed by atoms with Crippen molar-refractivity contribution in [3.8, 4) is 0 Å². The molecule has 0 aromatic heterocycles. The summed E-state index contributed by atoms with van der Waals surface area (Å²) in [7, 11) is -3.96. The van der Waals surface area contributed by atoms with Crippen LogP contribution in [0.5, 0.6) is 0 Å². The lowest BCUT2D eigenvalue weighted by molar-refractivity contribution is -0.139. The topological polar surface area (TPSA) is 122 Å². The third kappa shape index (κ3) is 7.55. The Kier molecular flexibility index (Phi) is 8.17. The lowest BCUT2D eigenvalue weighted by Gasteiger charge is -2.15. The standard InChI is InChI=1S/C20H24N2O6S/c1-15-9-11-17(12-10-15)29(26,27)22-18(19(23)24)8-5-13-21-20(25)28-14-16-6-3-2-4-7-16/h2-4,6-7,9-12,18,22H,5,8,13-14H2,1H3,(H,21,25)(H,23,24). The molecule has 0 spiro atoms. The summed E-state index contributed by atoms with van der Waals surface area (Å²) in [5.74, 6) is -1.28. The Morgan fingerprint density at radius 2 is 1.72 bits per heavy atom. The van der Waals surface area contributed by atoms with Crippen molar-refractivity contribution in [3.05, 3.63) is 65.7 Å². The van der Waals surface area contributed by atoms with E-state index in [0.717, 1.165) is 11.1 Å². The second-order valence-corrected chi connectivity index (χ2v) is 8.17. The molecule has 1 unspecified atom stereocenters. The first-order valence-corrected chi connectivity index (χ1v) is 10.5. The Hall–Kier alpha value is -2.91. The van der Waals surface area contributed by atoms with E-state index >= 15 is 0 Å². The Balaban J connectivity index is 1.78. The van der Waals surface area contributed by atoms with Gasteiger partial charge in [-0.1, -0.05) is 48.0 Å². The van der Waals surface area contributed by atoms with Crippen LogP contribution in [0.1, 0.15) is 24.0 Å². The molecule has 0 saturated heterocycles. The predicted molar refractivity (Wildman–Crippen MR) is 107 cm³/mol. The monoisotopic (exact) mass is 420 g/mol. The molecule has 0 aliphatic carbocycles. The van der Waals surface area contributed by atoms with Crippen LogP contribution in [0, 0.1) is 6.92 Å². The molecule has 0 radical (unpaired) electrons. The number of carbonyl (C=O) groups excluding carboxylic acids is 1. The fraction of sp³-hybridized carbons (Fsp3) is 0.300.